The molecule has 5 heteroatoms. The van der Waals surface area contributed by atoms with Crippen molar-refractivity contribution in [3.63, 3.8) is 0 Å². The van der Waals surface area contributed by atoms with E-state index in [1.165, 1.54) is 0 Å². The highest BCUT2D eigenvalue weighted by molar-refractivity contribution is 5.96. The van der Waals surface area contributed by atoms with Crippen LogP contribution in [0.3, 0.4) is 0 Å². The minimum atomic E-state index is -0.225. The summed E-state index contributed by atoms with van der Waals surface area (Å²) in [5, 5.41) is 15.6. The van der Waals surface area contributed by atoms with Crippen LogP contribution in [0.1, 0.15) is 42.1 Å². The zero-order valence-corrected chi connectivity index (χ0v) is 9.91. The second kappa shape index (κ2) is 5.65. The number of aliphatic hydroxyl groups is 1. The number of hydrogen-bond acceptors (Lipinski definition) is 4. The van der Waals surface area contributed by atoms with Crippen LogP contribution in [0.2, 0.25) is 0 Å². The van der Waals surface area contributed by atoms with Gasteiger partial charge in [0.1, 0.15) is 11.3 Å². The first-order valence-electron chi connectivity index (χ1n) is 5.50. The van der Waals surface area contributed by atoms with E-state index in [2.05, 4.69) is 10.5 Å². The lowest BCUT2D eigenvalue weighted by molar-refractivity contribution is 0.0912. The average Bonchev–Trinajstić information content (AvgIpc) is 2.67. The number of carbonyl (C=O) groups is 1. The Morgan fingerprint density at radius 3 is 2.75 bits per heavy atom. The van der Waals surface area contributed by atoms with Crippen LogP contribution >= 0.6 is 0 Å². The molecule has 0 bridgehead atoms. The van der Waals surface area contributed by atoms with Crippen LogP contribution in [0.4, 0.5) is 0 Å². The lowest BCUT2D eigenvalue weighted by Crippen LogP contribution is -2.37. The topological polar surface area (TPSA) is 75.4 Å². The number of rotatable bonds is 5. The molecule has 16 heavy (non-hydrogen) atoms. The smallest absolute Gasteiger partial charge is 0.257 e. The third-order valence-electron chi connectivity index (χ3n) is 2.54. The van der Waals surface area contributed by atoms with E-state index in [1.54, 1.807) is 6.92 Å². The van der Waals surface area contributed by atoms with Crippen LogP contribution in [-0.4, -0.2) is 28.8 Å². The summed E-state index contributed by atoms with van der Waals surface area (Å²) in [6, 6.07) is -0.216. The Kier molecular flexibility index (Phi) is 4.49. The van der Waals surface area contributed by atoms with Gasteiger partial charge in [0.2, 0.25) is 0 Å². The maximum absolute atomic E-state index is 11.9. The molecule has 90 valence electrons. The van der Waals surface area contributed by atoms with Crippen molar-refractivity contribution in [3.05, 3.63) is 17.0 Å². The van der Waals surface area contributed by atoms with Gasteiger partial charge in [-0.15, -0.1) is 0 Å². The number of aryl methyl sites for hydroxylation is 2. The summed E-state index contributed by atoms with van der Waals surface area (Å²) in [6.45, 7) is 5.47. The fourth-order valence-electron chi connectivity index (χ4n) is 1.48. The van der Waals surface area contributed by atoms with Crippen LogP contribution in [0, 0.1) is 6.92 Å². The first-order valence-corrected chi connectivity index (χ1v) is 5.50. The highest BCUT2D eigenvalue weighted by atomic mass is 16.5. The van der Waals surface area contributed by atoms with E-state index < -0.39 is 0 Å². The Labute approximate surface area is 94.8 Å². The van der Waals surface area contributed by atoms with Crippen LogP contribution < -0.4 is 5.32 Å². The largest absolute Gasteiger partial charge is 0.394 e. The normalized spacial score (nSPS) is 12.5. The molecule has 0 radical (unpaired) electrons. The Balaban J connectivity index is 2.83. The molecule has 1 atom stereocenters. The fourth-order valence-corrected chi connectivity index (χ4v) is 1.48. The number of aromatic nitrogens is 1. The molecular weight excluding hydrogens is 208 g/mol. The van der Waals surface area contributed by atoms with Crippen LogP contribution in [-0.2, 0) is 6.42 Å². The van der Waals surface area contributed by atoms with Crippen LogP contribution in [0.25, 0.3) is 0 Å². The molecule has 0 aliphatic carbocycles. The maximum Gasteiger partial charge on any atom is 0.257 e. The van der Waals surface area contributed by atoms with Gasteiger partial charge >= 0.3 is 0 Å². The van der Waals surface area contributed by atoms with E-state index in [0.717, 1.165) is 0 Å². The van der Waals surface area contributed by atoms with Gasteiger partial charge < -0.3 is 14.9 Å². The zero-order valence-electron chi connectivity index (χ0n) is 9.91. The second-order valence-electron chi connectivity index (χ2n) is 3.68. The van der Waals surface area contributed by atoms with E-state index in [4.69, 9.17) is 9.63 Å². The number of carbonyl (C=O) groups excluding carboxylic acids is 1. The summed E-state index contributed by atoms with van der Waals surface area (Å²) in [7, 11) is 0. The summed E-state index contributed by atoms with van der Waals surface area (Å²) in [5.74, 6) is 0.290. The molecule has 1 heterocycles. The summed E-state index contributed by atoms with van der Waals surface area (Å²) in [4.78, 5) is 11.9. The number of aliphatic hydroxyl groups excluding tert-OH is 1. The summed E-state index contributed by atoms with van der Waals surface area (Å²) >= 11 is 0. The van der Waals surface area contributed by atoms with Crippen molar-refractivity contribution in [2.75, 3.05) is 6.61 Å². The predicted molar refractivity (Wildman–Crippen MR) is 59.2 cm³/mol. The Bertz CT molecular complexity index is 356. The molecule has 0 aliphatic heterocycles. The molecule has 5 nitrogen and oxygen atoms in total. The molecule has 1 aromatic rings. The zero-order chi connectivity index (χ0) is 12.1. The quantitative estimate of drug-likeness (QED) is 0.786. The minimum absolute atomic E-state index is 0.0615. The van der Waals surface area contributed by atoms with Gasteiger partial charge in [0.25, 0.3) is 5.91 Å². The Morgan fingerprint density at radius 2 is 2.25 bits per heavy atom. The fraction of sp³-hybridized carbons (Fsp3) is 0.636. The lowest BCUT2D eigenvalue weighted by atomic mass is 10.1. The van der Waals surface area contributed by atoms with Crippen LogP contribution in [0.15, 0.2) is 4.52 Å². The minimum Gasteiger partial charge on any atom is -0.394 e. The van der Waals surface area contributed by atoms with Gasteiger partial charge in [-0.05, 0) is 19.8 Å². The number of hydrogen-bond donors (Lipinski definition) is 2. The highest BCUT2D eigenvalue weighted by Crippen LogP contribution is 2.14. The van der Waals surface area contributed by atoms with Crippen molar-refractivity contribution in [1.82, 2.24) is 10.5 Å². The second-order valence-corrected chi connectivity index (χ2v) is 3.68. The first kappa shape index (κ1) is 12.7. The number of amides is 1. The Hall–Kier alpha value is -1.36. The average molecular weight is 226 g/mol. The number of nitrogens with one attached hydrogen (secondary N) is 1. The van der Waals surface area contributed by atoms with E-state index >= 15 is 0 Å². The summed E-state index contributed by atoms with van der Waals surface area (Å²) in [6.07, 6.45) is 1.34. The first-order chi connectivity index (χ1) is 7.63. The molecule has 0 fully saturated rings. The highest BCUT2D eigenvalue weighted by Gasteiger charge is 2.20. The summed E-state index contributed by atoms with van der Waals surface area (Å²) < 4.78 is 4.98. The van der Waals surface area contributed by atoms with Gasteiger partial charge in [0.05, 0.1) is 18.3 Å². The monoisotopic (exact) mass is 226 g/mol. The lowest BCUT2D eigenvalue weighted by Gasteiger charge is -2.13. The van der Waals surface area contributed by atoms with Crippen molar-refractivity contribution in [1.29, 1.82) is 0 Å². The summed E-state index contributed by atoms with van der Waals surface area (Å²) in [5.41, 5.74) is 1.15. The molecule has 1 unspecified atom stereocenters. The molecular formula is C11H18N2O3. The van der Waals surface area contributed by atoms with E-state index in [0.29, 0.717) is 29.9 Å². The van der Waals surface area contributed by atoms with Crippen molar-refractivity contribution in [3.8, 4) is 0 Å². The third-order valence-corrected chi connectivity index (χ3v) is 2.54. The van der Waals surface area contributed by atoms with E-state index in [1.807, 2.05) is 13.8 Å². The Morgan fingerprint density at radius 1 is 1.56 bits per heavy atom. The molecule has 0 saturated heterocycles. The van der Waals surface area contributed by atoms with Crippen molar-refractivity contribution < 1.29 is 14.4 Å². The van der Waals surface area contributed by atoms with E-state index in [9.17, 15) is 4.79 Å². The SMILES string of the molecule is CCc1noc(C)c1C(=O)NC(CC)CO. The van der Waals surface area contributed by atoms with Crippen molar-refractivity contribution in [2.45, 2.75) is 39.7 Å². The van der Waals surface area contributed by atoms with Gasteiger partial charge in [0.15, 0.2) is 0 Å². The van der Waals surface area contributed by atoms with Crippen LogP contribution in [0.5, 0.6) is 0 Å². The molecule has 0 aromatic carbocycles. The van der Waals surface area contributed by atoms with Gasteiger partial charge in [-0.1, -0.05) is 19.0 Å². The molecule has 1 aromatic heterocycles. The standard InChI is InChI=1S/C11H18N2O3/c1-4-8(6-14)12-11(15)10-7(3)16-13-9(10)5-2/h8,14H,4-6H2,1-3H3,(H,12,15). The molecule has 1 rings (SSSR count). The van der Waals surface area contributed by atoms with E-state index in [-0.39, 0.29) is 18.6 Å². The predicted octanol–water partition coefficient (Wildman–Crippen LogP) is 1.05. The molecule has 2 N–H and O–H groups in total. The van der Waals surface area contributed by atoms with Crippen molar-refractivity contribution >= 4 is 5.91 Å². The molecule has 0 spiro atoms. The van der Waals surface area contributed by atoms with Gasteiger partial charge in [-0.3, -0.25) is 4.79 Å². The molecule has 1 amide bonds. The molecule has 0 saturated carbocycles. The maximum atomic E-state index is 11.9. The third kappa shape index (κ3) is 2.61. The van der Waals surface area contributed by atoms with Gasteiger partial charge in [-0.25, -0.2) is 0 Å². The van der Waals surface area contributed by atoms with Gasteiger partial charge in [-0.2, -0.15) is 0 Å². The number of nitrogens with zero attached hydrogens (tertiary/aromatic N) is 1. The molecule has 0 aliphatic rings. The van der Waals surface area contributed by atoms with Crippen molar-refractivity contribution in [2.24, 2.45) is 0 Å². The van der Waals surface area contributed by atoms with Gasteiger partial charge in [0, 0.05) is 0 Å².